The van der Waals surface area contributed by atoms with Crippen LogP contribution in [0, 0.1) is 11.8 Å². The Morgan fingerprint density at radius 1 is 0.871 bits per heavy atom. The number of unbranched alkanes of at least 4 members (excludes halogenated alkanes) is 5. The van der Waals surface area contributed by atoms with Crippen molar-refractivity contribution in [1.82, 2.24) is 0 Å². The number of aliphatic carboxylic acids is 2. The zero-order chi connectivity index (χ0) is 22.7. The molecule has 0 heterocycles. The predicted molar refractivity (Wildman–Crippen MR) is 133 cm³/mol. The molecular weight excluding hydrogens is 428 g/mol. The molecule has 0 aromatic heterocycles. The number of rotatable bonds is 17. The number of thioether (sulfide) groups is 2. The van der Waals surface area contributed by atoms with Crippen LogP contribution in [0.1, 0.15) is 82.3 Å². The minimum Gasteiger partial charge on any atom is -0.481 e. The topological polar surface area (TPSA) is 74.6 Å². The van der Waals surface area contributed by atoms with Crippen molar-refractivity contribution in [1.29, 1.82) is 0 Å². The smallest absolute Gasteiger partial charge is 0.303 e. The van der Waals surface area contributed by atoms with Gasteiger partial charge in [-0.15, -0.1) is 23.5 Å². The average molecular weight is 465 g/mol. The lowest BCUT2D eigenvalue weighted by atomic mass is 10.0. The summed E-state index contributed by atoms with van der Waals surface area (Å²) in [6.07, 6.45) is 10.2. The first kappa shape index (κ1) is 27.5. The van der Waals surface area contributed by atoms with Crippen LogP contribution in [-0.4, -0.2) is 38.2 Å². The molecule has 0 saturated carbocycles. The van der Waals surface area contributed by atoms with E-state index in [1.165, 1.54) is 44.1 Å². The number of aryl methyl sites for hydroxylation is 1. The first-order chi connectivity index (χ1) is 15.0. The summed E-state index contributed by atoms with van der Waals surface area (Å²) in [5.41, 5.74) is 2.36. The zero-order valence-electron chi connectivity index (χ0n) is 18.6. The molecule has 0 aliphatic heterocycles. The van der Waals surface area contributed by atoms with Crippen molar-refractivity contribution in [2.45, 2.75) is 82.1 Å². The van der Waals surface area contributed by atoms with Gasteiger partial charge in [0.1, 0.15) is 4.58 Å². The molecule has 2 N–H and O–H groups in total. The largest absolute Gasteiger partial charge is 0.481 e. The second-order valence-corrected chi connectivity index (χ2v) is 10.2. The van der Waals surface area contributed by atoms with Gasteiger partial charge in [0, 0.05) is 18.4 Å². The number of carboxylic acids is 2. The molecule has 0 bridgehead atoms. The summed E-state index contributed by atoms with van der Waals surface area (Å²) in [6.45, 7) is 2.23. The SMILES string of the molecule is CCCCCCCCc1ccccc1C#CC(SCCCC(=O)O)SCCCC(=O)O. The molecular formula is C25H36O4S2. The number of benzene rings is 1. The van der Waals surface area contributed by atoms with Crippen molar-refractivity contribution in [3.8, 4) is 11.8 Å². The van der Waals surface area contributed by atoms with Crippen LogP contribution in [0.15, 0.2) is 24.3 Å². The van der Waals surface area contributed by atoms with E-state index in [0.717, 1.165) is 23.5 Å². The van der Waals surface area contributed by atoms with Crippen molar-refractivity contribution in [2.24, 2.45) is 0 Å². The Labute approximate surface area is 196 Å². The summed E-state index contributed by atoms with van der Waals surface area (Å²) in [5.74, 6) is 6.61. The molecule has 0 saturated heterocycles. The van der Waals surface area contributed by atoms with Crippen molar-refractivity contribution in [2.75, 3.05) is 11.5 Å². The highest BCUT2D eigenvalue weighted by molar-refractivity contribution is 8.17. The molecule has 172 valence electrons. The molecule has 1 aromatic carbocycles. The van der Waals surface area contributed by atoms with Gasteiger partial charge in [0.15, 0.2) is 0 Å². The maximum atomic E-state index is 10.7. The van der Waals surface area contributed by atoms with E-state index in [-0.39, 0.29) is 17.4 Å². The lowest BCUT2D eigenvalue weighted by Crippen LogP contribution is -2.01. The minimum absolute atomic E-state index is 0.0182. The molecule has 0 aliphatic carbocycles. The van der Waals surface area contributed by atoms with Crippen LogP contribution in [0.25, 0.3) is 0 Å². The van der Waals surface area contributed by atoms with Crippen LogP contribution in [-0.2, 0) is 16.0 Å². The van der Waals surface area contributed by atoms with Gasteiger partial charge < -0.3 is 10.2 Å². The molecule has 0 spiro atoms. The molecule has 0 radical (unpaired) electrons. The van der Waals surface area contributed by atoms with E-state index in [9.17, 15) is 9.59 Å². The van der Waals surface area contributed by atoms with Gasteiger partial charge in [-0.2, -0.15) is 0 Å². The number of hydrogen-bond acceptors (Lipinski definition) is 4. The second-order valence-electron chi connectivity index (χ2n) is 7.51. The van der Waals surface area contributed by atoms with E-state index in [1.807, 2.05) is 6.07 Å². The van der Waals surface area contributed by atoms with E-state index in [0.29, 0.717) is 12.8 Å². The molecule has 4 nitrogen and oxygen atoms in total. The Hall–Kier alpha value is -1.58. The first-order valence-corrected chi connectivity index (χ1v) is 13.4. The van der Waals surface area contributed by atoms with Crippen LogP contribution in [0.4, 0.5) is 0 Å². The lowest BCUT2D eigenvalue weighted by Gasteiger charge is -2.10. The van der Waals surface area contributed by atoms with Crippen LogP contribution >= 0.6 is 23.5 Å². The van der Waals surface area contributed by atoms with E-state index >= 15 is 0 Å². The molecule has 0 aliphatic rings. The summed E-state index contributed by atoms with van der Waals surface area (Å²) in [6, 6.07) is 8.31. The highest BCUT2D eigenvalue weighted by Gasteiger charge is 2.09. The Morgan fingerprint density at radius 3 is 2.06 bits per heavy atom. The standard InChI is InChI=1S/C25H36O4S2/c1-2-3-4-5-6-7-12-21-13-8-9-14-22(21)17-18-25(30-19-10-15-23(26)27)31-20-11-16-24(28)29/h8-9,13-14,25H,2-7,10-12,15-16,19-20H2,1H3,(H,26,27)(H,28,29). The number of hydrogen-bond donors (Lipinski definition) is 2. The quantitative estimate of drug-likeness (QED) is 0.156. The number of carboxylic acid groups (broad SMARTS) is 2. The highest BCUT2D eigenvalue weighted by Crippen LogP contribution is 2.25. The fraction of sp³-hybridized carbons (Fsp3) is 0.600. The summed E-state index contributed by atoms with van der Waals surface area (Å²) in [5, 5.41) is 17.6. The summed E-state index contributed by atoms with van der Waals surface area (Å²) < 4.78 is 0.0182. The van der Waals surface area contributed by atoms with Crippen LogP contribution in [0.2, 0.25) is 0 Å². The van der Waals surface area contributed by atoms with E-state index in [1.54, 1.807) is 23.5 Å². The maximum Gasteiger partial charge on any atom is 0.303 e. The third kappa shape index (κ3) is 15.0. The molecule has 6 heteroatoms. The third-order valence-electron chi connectivity index (χ3n) is 4.75. The lowest BCUT2D eigenvalue weighted by molar-refractivity contribution is -0.138. The van der Waals surface area contributed by atoms with Gasteiger partial charge in [-0.25, -0.2) is 0 Å². The fourth-order valence-corrected chi connectivity index (χ4v) is 5.35. The molecule has 0 amide bonds. The van der Waals surface area contributed by atoms with Gasteiger partial charge in [0.2, 0.25) is 0 Å². The zero-order valence-corrected chi connectivity index (χ0v) is 20.2. The van der Waals surface area contributed by atoms with Crippen LogP contribution in [0.5, 0.6) is 0 Å². The van der Waals surface area contributed by atoms with Crippen molar-refractivity contribution >= 4 is 35.5 Å². The molecule has 1 rings (SSSR count). The van der Waals surface area contributed by atoms with Gasteiger partial charge in [-0.05, 0) is 48.8 Å². The van der Waals surface area contributed by atoms with Crippen molar-refractivity contribution in [3.05, 3.63) is 35.4 Å². The Balaban J connectivity index is 2.65. The molecule has 0 fully saturated rings. The van der Waals surface area contributed by atoms with Crippen LogP contribution in [0.3, 0.4) is 0 Å². The molecule has 31 heavy (non-hydrogen) atoms. The predicted octanol–water partition coefficient (Wildman–Crippen LogP) is 6.46. The Bertz CT molecular complexity index is 687. The summed E-state index contributed by atoms with van der Waals surface area (Å²) >= 11 is 3.31. The van der Waals surface area contributed by atoms with E-state index < -0.39 is 11.9 Å². The van der Waals surface area contributed by atoms with Crippen molar-refractivity contribution in [3.63, 3.8) is 0 Å². The van der Waals surface area contributed by atoms with Crippen molar-refractivity contribution < 1.29 is 19.8 Å². The van der Waals surface area contributed by atoms with Gasteiger partial charge >= 0.3 is 11.9 Å². The Kier molecular flexibility index (Phi) is 16.0. The second kappa shape index (κ2) is 18.0. The fourth-order valence-electron chi connectivity index (χ4n) is 3.05. The molecule has 1 aromatic rings. The van der Waals surface area contributed by atoms with Gasteiger partial charge in [-0.3, -0.25) is 9.59 Å². The maximum absolute atomic E-state index is 10.7. The molecule has 0 unspecified atom stereocenters. The first-order valence-electron chi connectivity index (χ1n) is 11.3. The number of carbonyl (C=O) groups is 2. The summed E-state index contributed by atoms with van der Waals surface area (Å²) in [4.78, 5) is 21.5. The van der Waals surface area contributed by atoms with Crippen LogP contribution < -0.4 is 0 Å². The third-order valence-corrected chi connectivity index (χ3v) is 7.46. The Morgan fingerprint density at radius 2 is 1.45 bits per heavy atom. The normalized spacial score (nSPS) is 10.6. The van der Waals surface area contributed by atoms with Gasteiger partial charge in [0.05, 0.1) is 0 Å². The summed E-state index contributed by atoms with van der Waals surface area (Å²) in [7, 11) is 0. The minimum atomic E-state index is -0.777. The van der Waals surface area contributed by atoms with Gasteiger partial charge in [0.25, 0.3) is 0 Å². The average Bonchev–Trinajstić information content (AvgIpc) is 2.74. The van der Waals surface area contributed by atoms with Gasteiger partial charge in [-0.1, -0.05) is 69.1 Å². The van der Waals surface area contributed by atoms with E-state index in [2.05, 4.69) is 37.0 Å². The monoisotopic (exact) mass is 464 g/mol. The van der Waals surface area contributed by atoms with E-state index in [4.69, 9.17) is 10.2 Å². The highest BCUT2D eigenvalue weighted by atomic mass is 32.2. The molecule has 0 atom stereocenters.